The van der Waals surface area contributed by atoms with Crippen molar-refractivity contribution >= 4 is 12.0 Å². The molecular formula is C16H19N3O3. The number of amides is 1. The minimum Gasteiger partial charge on any atom is -0.389 e. The maximum atomic E-state index is 11.6. The van der Waals surface area contributed by atoms with Crippen LogP contribution in [0.25, 0.3) is 11.8 Å². The topological polar surface area (TPSA) is 76.4 Å². The van der Waals surface area contributed by atoms with Crippen molar-refractivity contribution in [1.82, 2.24) is 14.9 Å². The fourth-order valence-electron chi connectivity index (χ4n) is 1.87. The molecule has 0 radical (unpaired) electrons. The summed E-state index contributed by atoms with van der Waals surface area (Å²) in [6.45, 7) is 0.357. The van der Waals surface area contributed by atoms with Crippen LogP contribution >= 0.6 is 0 Å². The van der Waals surface area contributed by atoms with Crippen LogP contribution in [-0.4, -0.2) is 46.9 Å². The van der Waals surface area contributed by atoms with Gasteiger partial charge in [-0.05, 0) is 23.8 Å². The largest absolute Gasteiger partial charge is 0.389 e. The van der Waals surface area contributed by atoms with Crippen molar-refractivity contribution in [2.24, 2.45) is 0 Å². The smallest absolute Gasteiger partial charge is 0.244 e. The standard InChI is InChI=1S/C16H19N3O3/c1-22-11-15(20)10-18-16(21)7-4-13-2-5-14(6-3-13)19-9-8-17-12-19/h2-9,12,15,20H,10-11H2,1H3,(H,18,21)/b7-4+. The Morgan fingerprint density at radius 2 is 2.23 bits per heavy atom. The van der Waals surface area contributed by atoms with Crippen LogP contribution in [0.3, 0.4) is 0 Å². The molecule has 0 bridgehead atoms. The number of hydrogen-bond donors (Lipinski definition) is 2. The Morgan fingerprint density at radius 3 is 2.86 bits per heavy atom. The number of methoxy groups -OCH3 is 1. The molecule has 22 heavy (non-hydrogen) atoms. The van der Waals surface area contributed by atoms with Crippen LogP contribution in [0.1, 0.15) is 5.56 Å². The molecule has 2 N–H and O–H groups in total. The number of aromatic nitrogens is 2. The quantitative estimate of drug-likeness (QED) is 0.748. The summed E-state index contributed by atoms with van der Waals surface area (Å²) in [4.78, 5) is 15.6. The van der Waals surface area contributed by atoms with Crippen LogP contribution in [-0.2, 0) is 9.53 Å². The van der Waals surface area contributed by atoms with Crippen molar-refractivity contribution in [2.75, 3.05) is 20.3 Å². The fraction of sp³-hybridized carbons (Fsp3) is 0.250. The van der Waals surface area contributed by atoms with E-state index in [9.17, 15) is 9.90 Å². The average Bonchev–Trinajstić information content (AvgIpc) is 3.06. The molecule has 116 valence electrons. The number of rotatable bonds is 7. The number of carbonyl (C=O) groups is 1. The molecule has 1 unspecified atom stereocenters. The molecule has 1 atom stereocenters. The maximum absolute atomic E-state index is 11.6. The minimum absolute atomic E-state index is 0.163. The van der Waals surface area contributed by atoms with E-state index in [2.05, 4.69) is 10.3 Å². The van der Waals surface area contributed by atoms with Gasteiger partial charge >= 0.3 is 0 Å². The van der Waals surface area contributed by atoms with Crippen molar-refractivity contribution in [2.45, 2.75) is 6.10 Å². The lowest BCUT2D eigenvalue weighted by Crippen LogP contribution is -2.33. The number of nitrogens with one attached hydrogen (secondary N) is 1. The summed E-state index contributed by atoms with van der Waals surface area (Å²) in [6.07, 6.45) is 7.77. The SMILES string of the molecule is COCC(O)CNC(=O)/C=C/c1ccc(-n2ccnc2)cc1. The van der Waals surface area contributed by atoms with Crippen molar-refractivity contribution < 1.29 is 14.6 Å². The van der Waals surface area contributed by atoms with Gasteiger partial charge in [-0.2, -0.15) is 0 Å². The highest BCUT2D eigenvalue weighted by molar-refractivity contribution is 5.91. The fourth-order valence-corrected chi connectivity index (χ4v) is 1.87. The number of aliphatic hydroxyl groups is 1. The molecule has 0 aliphatic heterocycles. The lowest BCUT2D eigenvalue weighted by atomic mass is 10.2. The molecule has 0 spiro atoms. The number of carbonyl (C=O) groups excluding carboxylic acids is 1. The van der Waals surface area contributed by atoms with Gasteiger partial charge < -0.3 is 19.7 Å². The van der Waals surface area contributed by atoms with E-state index in [4.69, 9.17) is 4.74 Å². The predicted octanol–water partition coefficient (Wildman–Crippen LogP) is 1.01. The number of hydrogen-bond acceptors (Lipinski definition) is 4. The summed E-state index contributed by atoms with van der Waals surface area (Å²) < 4.78 is 6.68. The Labute approximate surface area is 129 Å². The Hall–Kier alpha value is -2.44. The number of nitrogens with zero attached hydrogens (tertiary/aromatic N) is 2. The molecule has 0 aliphatic rings. The van der Waals surface area contributed by atoms with Crippen molar-refractivity contribution in [3.63, 3.8) is 0 Å². The highest BCUT2D eigenvalue weighted by atomic mass is 16.5. The summed E-state index contributed by atoms with van der Waals surface area (Å²) in [5, 5.41) is 12.0. The first-order valence-corrected chi connectivity index (χ1v) is 6.90. The van der Waals surface area contributed by atoms with E-state index in [0.717, 1.165) is 11.3 Å². The minimum atomic E-state index is -0.697. The zero-order valence-electron chi connectivity index (χ0n) is 12.3. The second kappa shape index (κ2) is 8.11. The van der Waals surface area contributed by atoms with Crippen molar-refractivity contribution in [3.8, 4) is 5.69 Å². The molecule has 2 rings (SSSR count). The van der Waals surface area contributed by atoms with Gasteiger partial charge in [0.15, 0.2) is 0 Å². The van der Waals surface area contributed by atoms with E-state index in [1.54, 1.807) is 18.6 Å². The molecule has 1 heterocycles. The third-order valence-electron chi connectivity index (χ3n) is 2.99. The van der Waals surface area contributed by atoms with E-state index in [1.165, 1.54) is 13.2 Å². The molecule has 1 aromatic carbocycles. The third kappa shape index (κ3) is 4.83. The molecule has 2 aromatic rings. The zero-order valence-corrected chi connectivity index (χ0v) is 12.3. The highest BCUT2D eigenvalue weighted by Gasteiger charge is 2.04. The first kappa shape index (κ1) is 15.9. The van der Waals surface area contributed by atoms with Gasteiger partial charge in [0.25, 0.3) is 0 Å². The van der Waals surface area contributed by atoms with Gasteiger partial charge in [-0.15, -0.1) is 0 Å². The Morgan fingerprint density at radius 1 is 1.45 bits per heavy atom. The average molecular weight is 301 g/mol. The van der Waals surface area contributed by atoms with Gasteiger partial charge in [-0.3, -0.25) is 4.79 Å². The van der Waals surface area contributed by atoms with Gasteiger partial charge in [0.2, 0.25) is 5.91 Å². The summed E-state index contributed by atoms with van der Waals surface area (Å²) in [5.74, 6) is -0.256. The van der Waals surface area contributed by atoms with Gasteiger partial charge in [0, 0.05) is 37.8 Å². The second-order valence-corrected chi connectivity index (χ2v) is 4.75. The number of benzene rings is 1. The Balaban J connectivity index is 1.86. The molecule has 1 amide bonds. The first-order chi connectivity index (χ1) is 10.7. The molecule has 0 saturated heterocycles. The predicted molar refractivity (Wildman–Crippen MR) is 83.5 cm³/mol. The first-order valence-electron chi connectivity index (χ1n) is 6.90. The van der Waals surface area contributed by atoms with E-state index in [1.807, 2.05) is 35.0 Å². The Kier molecular flexibility index (Phi) is 5.88. The van der Waals surface area contributed by atoms with Crippen LogP contribution in [0.4, 0.5) is 0 Å². The van der Waals surface area contributed by atoms with E-state index >= 15 is 0 Å². The van der Waals surface area contributed by atoms with Gasteiger partial charge in [-0.1, -0.05) is 12.1 Å². The van der Waals surface area contributed by atoms with Gasteiger partial charge in [-0.25, -0.2) is 4.98 Å². The summed E-state index contributed by atoms with van der Waals surface area (Å²) >= 11 is 0. The Bertz CT molecular complexity index is 606. The van der Waals surface area contributed by atoms with Crippen molar-refractivity contribution in [3.05, 3.63) is 54.6 Å². The normalized spacial score (nSPS) is 12.5. The van der Waals surface area contributed by atoms with Crippen LogP contribution in [0.5, 0.6) is 0 Å². The molecule has 6 nitrogen and oxygen atoms in total. The number of imidazole rings is 1. The van der Waals surface area contributed by atoms with Crippen LogP contribution in [0.15, 0.2) is 49.1 Å². The third-order valence-corrected chi connectivity index (χ3v) is 2.99. The molecular weight excluding hydrogens is 282 g/mol. The summed E-state index contributed by atoms with van der Waals surface area (Å²) in [7, 11) is 1.50. The lowest BCUT2D eigenvalue weighted by molar-refractivity contribution is -0.117. The monoisotopic (exact) mass is 301 g/mol. The number of ether oxygens (including phenoxy) is 1. The van der Waals surface area contributed by atoms with E-state index in [0.29, 0.717) is 0 Å². The number of aliphatic hydroxyl groups excluding tert-OH is 1. The van der Waals surface area contributed by atoms with Crippen LogP contribution in [0.2, 0.25) is 0 Å². The summed E-state index contributed by atoms with van der Waals surface area (Å²) in [5.41, 5.74) is 1.92. The second-order valence-electron chi connectivity index (χ2n) is 4.75. The van der Waals surface area contributed by atoms with Gasteiger partial charge in [0.05, 0.1) is 19.0 Å². The molecule has 0 saturated carbocycles. The van der Waals surface area contributed by atoms with Crippen molar-refractivity contribution in [1.29, 1.82) is 0 Å². The lowest BCUT2D eigenvalue weighted by Gasteiger charge is -2.09. The molecule has 6 heteroatoms. The van der Waals surface area contributed by atoms with Crippen LogP contribution < -0.4 is 5.32 Å². The van der Waals surface area contributed by atoms with E-state index in [-0.39, 0.29) is 19.1 Å². The maximum Gasteiger partial charge on any atom is 0.244 e. The highest BCUT2D eigenvalue weighted by Crippen LogP contribution is 2.10. The molecule has 1 aromatic heterocycles. The summed E-state index contributed by atoms with van der Waals surface area (Å²) in [6, 6.07) is 7.72. The van der Waals surface area contributed by atoms with Crippen LogP contribution in [0, 0.1) is 0 Å². The molecule has 0 aliphatic carbocycles. The molecule has 0 fully saturated rings. The van der Waals surface area contributed by atoms with Gasteiger partial charge in [0.1, 0.15) is 0 Å². The zero-order chi connectivity index (χ0) is 15.8. The van der Waals surface area contributed by atoms with E-state index < -0.39 is 6.10 Å².